The van der Waals surface area contributed by atoms with Crippen LogP contribution in [0.3, 0.4) is 0 Å². The fourth-order valence-electron chi connectivity index (χ4n) is 2.63. The summed E-state index contributed by atoms with van der Waals surface area (Å²) in [6.45, 7) is 10.7. The molecule has 19 heavy (non-hydrogen) atoms. The van der Waals surface area contributed by atoms with Gasteiger partial charge in [0.1, 0.15) is 0 Å². The molecule has 0 aromatic carbocycles. The minimum atomic E-state index is 0.660. The summed E-state index contributed by atoms with van der Waals surface area (Å²) in [7, 11) is 0. The summed E-state index contributed by atoms with van der Waals surface area (Å²) >= 11 is 0. The third-order valence-corrected chi connectivity index (χ3v) is 3.93. The summed E-state index contributed by atoms with van der Waals surface area (Å²) in [6, 6.07) is 0.660. The Balaban J connectivity index is 2.17. The molecule has 0 saturated carbocycles. The van der Waals surface area contributed by atoms with Gasteiger partial charge in [0, 0.05) is 6.04 Å². The molecule has 2 nitrogen and oxygen atoms in total. The second kappa shape index (κ2) is 10.2. The van der Waals surface area contributed by atoms with E-state index >= 15 is 0 Å². The first-order chi connectivity index (χ1) is 9.31. The third-order valence-electron chi connectivity index (χ3n) is 3.93. The summed E-state index contributed by atoms with van der Waals surface area (Å²) in [5, 5.41) is 0. The minimum absolute atomic E-state index is 0.660. The van der Waals surface area contributed by atoms with Crippen LogP contribution in [-0.4, -0.2) is 37.2 Å². The van der Waals surface area contributed by atoms with E-state index in [1.807, 2.05) is 0 Å². The topological polar surface area (TPSA) is 12.5 Å². The van der Waals surface area contributed by atoms with Crippen LogP contribution in [0, 0.1) is 0 Å². The Labute approximate surface area is 119 Å². The van der Waals surface area contributed by atoms with Gasteiger partial charge in [-0.05, 0) is 45.7 Å². The van der Waals surface area contributed by atoms with Crippen LogP contribution in [0.25, 0.3) is 0 Å². The van der Waals surface area contributed by atoms with Gasteiger partial charge in [0.15, 0.2) is 0 Å². The Morgan fingerprint density at radius 2 is 2.21 bits per heavy atom. The Morgan fingerprint density at radius 3 is 2.89 bits per heavy atom. The average Bonchev–Trinajstić information content (AvgIpc) is 2.88. The van der Waals surface area contributed by atoms with Gasteiger partial charge in [0.25, 0.3) is 0 Å². The predicted octanol–water partition coefficient (Wildman–Crippen LogP) is 4.18. The Bertz CT molecular complexity index is 283. The molecule has 0 N–H and O–H groups in total. The van der Waals surface area contributed by atoms with Crippen molar-refractivity contribution in [3.05, 3.63) is 23.8 Å². The lowest BCUT2D eigenvalue weighted by atomic mass is 10.2. The molecule has 110 valence electrons. The number of likely N-dealkylation sites (tertiary alicyclic amines) is 1. The van der Waals surface area contributed by atoms with E-state index in [0.717, 1.165) is 19.6 Å². The largest absolute Gasteiger partial charge is 0.376 e. The van der Waals surface area contributed by atoms with Gasteiger partial charge in [-0.2, -0.15) is 0 Å². The molecule has 0 aliphatic carbocycles. The lowest BCUT2D eigenvalue weighted by molar-refractivity contribution is 0.0937. The predicted molar refractivity (Wildman–Crippen MR) is 83.5 cm³/mol. The van der Waals surface area contributed by atoms with E-state index < -0.39 is 0 Å². The van der Waals surface area contributed by atoms with Gasteiger partial charge in [-0.25, -0.2) is 0 Å². The highest BCUT2D eigenvalue weighted by Gasteiger charge is 2.23. The van der Waals surface area contributed by atoms with Crippen LogP contribution in [0.1, 0.15) is 52.9 Å². The number of nitrogens with zero attached hydrogens (tertiary/aromatic N) is 1. The number of allylic oxidation sites excluding steroid dienone is 3. The average molecular weight is 265 g/mol. The summed E-state index contributed by atoms with van der Waals surface area (Å²) in [5.41, 5.74) is 1.38. The maximum absolute atomic E-state index is 5.81. The number of unbranched alkanes of at least 4 members (excludes halogenated alkanes) is 1. The SMILES string of the molecule is C/C=C(\C=C/COCC1CCCN1CCCC)CC. The van der Waals surface area contributed by atoms with Crippen LogP contribution in [0.15, 0.2) is 23.8 Å². The maximum Gasteiger partial charge on any atom is 0.0651 e. The van der Waals surface area contributed by atoms with Gasteiger partial charge in [-0.1, -0.05) is 44.1 Å². The van der Waals surface area contributed by atoms with Crippen molar-refractivity contribution in [1.82, 2.24) is 4.90 Å². The molecular weight excluding hydrogens is 234 g/mol. The van der Waals surface area contributed by atoms with Gasteiger partial charge >= 0.3 is 0 Å². The van der Waals surface area contributed by atoms with Crippen LogP contribution in [0.4, 0.5) is 0 Å². The van der Waals surface area contributed by atoms with E-state index in [9.17, 15) is 0 Å². The molecule has 1 fully saturated rings. The molecule has 2 heteroatoms. The highest BCUT2D eigenvalue weighted by Crippen LogP contribution is 2.18. The van der Waals surface area contributed by atoms with Gasteiger partial charge in [0.05, 0.1) is 13.2 Å². The molecule has 1 atom stereocenters. The molecule has 0 amide bonds. The normalized spacial score (nSPS) is 21.6. The molecule has 0 aromatic rings. The van der Waals surface area contributed by atoms with Crippen molar-refractivity contribution in [2.24, 2.45) is 0 Å². The van der Waals surface area contributed by atoms with Crippen LogP contribution in [-0.2, 0) is 4.74 Å². The van der Waals surface area contributed by atoms with Gasteiger partial charge < -0.3 is 4.74 Å². The van der Waals surface area contributed by atoms with Crippen LogP contribution in [0.2, 0.25) is 0 Å². The number of hydrogen-bond donors (Lipinski definition) is 0. The standard InChI is InChI=1S/C17H31NO/c1-4-7-12-18-13-8-11-17(18)15-19-14-9-10-16(5-2)6-3/h5,9-10,17H,4,6-8,11-15H2,1-3H3/b10-9-,16-5-. The smallest absolute Gasteiger partial charge is 0.0651 e. The molecule has 1 aliphatic heterocycles. The summed E-state index contributed by atoms with van der Waals surface area (Å²) < 4.78 is 5.81. The van der Waals surface area contributed by atoms with E-state index in [1.165, 1.54) is 44.3 Å². The van der Waals surface area contributed by atoms with Crippen LogP contribution >= 0.6 is 0 Å². The molecule has 0 radical (unpaired) electrons. The first-order valence-corrected chi connectivity index (χ1v) is 7.95. The van der Waals surface area contributed by atoms with Crippen LogP contribution < -0.4 is 0 Å². The molecule has 1 aliphatic rings. The van der Waals surface area contributed by atoms with E-state index in [2.05, 4.69) is 43.9 Å². The zero-order chi connectivity index (χ0) is 13.9. The fourth-order valence-corrected chi connectivity index (χ4v) is 2.63. The van der Waals surface area contributed by atoms with E-state index in [0.29, 0.717) is 6.04 Å². The van der Waals surface area contributed by atoms with Crippen molar-refractivity contribution in [1.29, 1.82) is 0 Å². The fraction of sp³-hybridized carbons (Fsp3) is 0.765. The first-order valence-electron chi connectivity index (χ1n) is 7.95. The van der Waals surface area contributed by atoms with Crippen molar-refractivity contribution in [2.45, 2.75) is 58.9 Å². The minimum Gasteiger partial charge on any atom is -0.376 e. The van der Waals surface area contributed by atoms with Gasteiger partial charge in [-0.15, -0.1) is 0 Å². The second-order valence-corrected chi connectivity index (χ2v) is 5.34. The van der Waals surface area contributed by atoms with Gasteiger partial charge in [-0.3, -0.25) is 4.90 Å². The Hall–Kier alpha value is -0.600. The van der Waals surface area contributed by atoms with E-state index in [1.54, 1.807) is 0 Å². The molecular formula is C17H31NO. The van der Waals surface area contributed by atoms with Crippen molar-refractivity contribution in [3.8, 4) is 0 Å². The zero-order valence-electron chi connectivity index (χ0n) is 13.0. The monoisotopic (exact) mass is 265 g/mol. The zero-order valence-corrected chi connectivity index (χ0v) is 13.0. The Kier molecular flexibility index (Phi) is 8.85. The Morgan fingerprint density at radius 1 is 1.37 bits per heavy atom. The number of hydrogen-bond acceptors (Lipinski definition) is 2. The molecule has 0 aromatic heterocycles. The third kappa shape index (κ3) is 6.40. The summed E-state index contributed by atoms with van der Waals surface area (Å²) in [6.07, 6.45) is 12.8. The highest BCUT2D eigenvalue weighted by atomic mass is 16.5. The molecule has 1 saturated heterocycles. The molecule has 1 unspecified atom stereocenters. The van der Waals surface area contributed by atoms with E-state index in [4.69, 9.17) is 4.74 Å². The maximum atomic E-state index is 5.81. The number of ether oxygens (including phenoxy) is 1. The number of rotatable bonds is 9. The van der Waals surface area contributed by atoms with Crippen molar-refractivity contribution < 1.29 is 4.74 Å². The first kappa shape index (κ1) is 16.5. The molecule has 0 spiro atoms. The molecule has 1 heterocycles. The van der Waals surface area contributed by atoms with Crippen molar-refractivity contribution in [2.75, 3.05) is 26.3 Å². The van der Waals surface area contributed by atoms with Crippen molar-refractivity contribution in [3.63, 3.8) is 0 Å². The van der Waals surface area contributed by atoms with E-state index in [-0.39, 0.29) is 0 Å². The summed E-state index contributed by atoms with van der Waals surface area (Å²) in [5.74, 6) is 0. The molecule has 0 bridgehead atoms. The second-order valence-electron chi connectivity index (χ2n) is 5.34. The lowest BCUT2D eigenvalue weighted by Crippen LogP contribution is -2.33. The van der Waals surface area contributed by atoms with Crippen LogP contribution in [0.5, 0.6) is 0 Å². The lowest BCUT2D eigenvalue weighted by Gasteiger charge is -2.23. The molecule has 1 rings (SSSR count). The van der Waals surface area contributed by atoms with Crippen molar-refractivity contribution >= 4 is 0 Å². The quantitative estimate of drug-likeness (QED) is 0.458. The van der Waals surface area contributed by atoms with Gasteiger partial charge in [0.2, 0.25) is 0 Å². The summed E-state index contributed by atoms with van der Waals surface area (Å²) in [4.78, 5) is 2.61. The highest BCUT2D eigenvalue weighted by molar-refractivity contribution is 5.17.